The summed E-state index contributed by atoms with van der Waals surface area (Å²) < 4.78 is 186. The Balaban J connectivity index is 0.000000175. The largest absolute Gasteiger partial charge is 0.444 e. The van der Waals surface area contributed by atoms with E-state index in [0.717, 1.165) is 140 Å². The number of carbonyl (C=O) groups is 2. The van der Waals surface area contributed by atoms with Crippen LogP contribution in [-0.2, 0) is 60.9 Å². The van der Waals surface area contributed by atoms with E-state index in [0.29, 0.717) is 99.3 Å². The molecule has 0 bridgehead atoms. The summed E-state index contributed by atoms with van der Waals surface area (Å²) in [6, 6.07) is 6.64. The molecule has 6 heterocycles. The maximum atomic E-state index is 13.1. The predicted molar refractivity (Wildman–Crippen MR) is 372 cm³/mol. The molecule has 564 valence electrons. The second-order valence-electron chi connectivity index (χ2n) is 28.5. The first-order valence-electron chi connectivity index (χ1n) is 33.9. The van der Waals surface area contributed by atoms with Crippen LogP contribution < -0.4 is 30.1 Å². The number of ether oxygens (including phenoxy) is 2. The van der Waals surface area contributed by atoms with E-state index in [2.05, 4.69) is 39.4 Å². The number of benzene rings is 2. The molecule has 24 nitrogen and oxygen atoms in total. The van der Waals surface area contributed by atoms with Crippen LogP contribution >= 0.6 is 22.3 Å². The maximum Gasteiger partial charge on any atom is 0.416 e. The Bertz CT molecular complexity index is 3840. The molecule has 4 aliphatic carbocycles. The zero-order valence-electron chi connectivity index (χ0n) is 57.3. The summed E-state index contributed by atoms with van der Waals surface area (Å²) in [5.74, 6) is 1.63. The second-order valence-corrected chi connectivity index (χ2v) is 37.9. The molecule has 4 aromatic rings. The van der Waals surface area contributed by atoms with Gasteiger partial charge in [-0.3, -0.25) is 0 Å². The van der Waals surface area contributed by atoms with Crippen LogP contribution in [0.25, 0.3) is 21.8 Å². The van der Waals surface area contributed by atoms with E-state index < -0.39 is 73.8 Å². The summed E-state index contributed by atoms with van der Waals surface area (Å²) in [5, 5.41) is 3.11. The number of nitrogens with one attached hydrogen (secondary N) is 4. The van der Waals surface area contributed by atoms with Crippen molar-refractivity contribution in [3.05, 3.63) is 65.3 Å². The van der Waals surface area contributed by atoms with Crippen molar-refractivity contribution in [2.75, 3.05) is 83.4 Å². The first kappa shape index (κ1) is 82.5. The van der Waals surface area contributed by atoms with Gasteiger partial charge in [-0.1, -0.05) is 11.6 Å². The monoisotopic (exact) mass is 1540 g/mol. The van der Waals surface area contributed by atoms with Crippen molar-refractivity contribution >= 4 is 101 Å². The Labute approximate surface area is 593 Å². The lowest BCUT2D eigenvalue weighted by Gasteiger charge is -2.34. The van der Waals surface area contributed by atoms with Gasteiger partial charge >= 0.3 is 24.5 Å². The fourth-order valence-corrected chi connectivity index (χ4v) is 17.0. The molecule has 2 amide bonds. The highest BCUT2D eigenvalue weighted by atomic mass is 35.7. The van der Waals surface area contributed by atoms with Crippen LogP contribution in [0.5, 0.6) is 0 Å². The smallest absolute Gasteiger partial charge is 0.416 e. The zero-order chi connectivity index (χ0) is 73.7. The van der Waals surface area contributed by atoms with Crippen LogP contribution in [0.4, 0.5) is 41.7 Å². The van der Waals surface area contributed by atoms with Gasteiger partial charge < -0.3 is 35.2 Å². The lowest BCUT2D eigenvalue weighted by Crippen LogP contribution is -2.45. The van der Waals surface area contributed by atoms with Gasteiger partial charge in [-0.25, -0.2) is 77.4 Å². The average Bonchev–Trinajstić information content (AvgIpc) is 1.43. The molecule has 8 aliphatic rings. The number of likely N-dealkylation sites (tertiary alicyclic amines) is 2. The minimum atomic E-state index is -4.44. The highest BCUT2D eigenvalue weighted by Gasteiger charge is 2.40. The molecule has 4 saturated heterocycles. The van der Waals surface area contributed by atoms with Crippen molar-refractivity contribution < 1.29 is 79.1 Å². The number of nitrogens with zero attached hydrogens (tertiary/aromatic N) is 7. The predicted octanol–water partition coefficient (Wildman–Crippen LogP) is 10.3. The van der Waals surface area contributed by atoms with E-state index in [1.165, 1.54) is 24.8 Å². The Hall–Kier alpha value is -4.78. The normalized spacial score (nSPS) is 21.8. The van der Waals surface area contributed by atoms with Crippen LogP contribution in [0.2, 0.25) is 5.15 Å². The van der Waals surface area contributed by atoms with Crippen LogP contribution in [-0.4, -0.2) is 186 Å². The van der Waals surface area contributed by atoms with Gasteiger partial charge in [0.1, 0.15) is 34.8 Å². The summed E-state index contributed by atoms with van der Waals surface area (Å²) >= 11 is 5.66. The summed E-state index contributed by atoms with van der Waals surface area (Å²) in [4.78, 5) is 44.9. The van der Waals surface area contributed by atoms with E-state index in [9.17, 15) is 69.6 Å². The molecule has 0 spiro atoms. The first-order valence-corrected chi connectivity index (χ1v) is 41.3. The fourth-order valence-electron chi connectivity index (χ4n) is 11.2. The van der Waals surface area contributed by atoms with Crippen LogP contribution in [0, 0.1) is 23.7 Å². The van der Waals surface area contributed by atoms with Gasteiger partial charge in [0.15, 0.2) is 0 Å². The molecule has 2 aromatic heterocycles. The van der Waals surface area contributed by atoms with Crippen LogP contribution in [0.3, 0.4) is 0 Å². The van der Waals surface area contributed by atoms with E-state index in [1.807, 2.05) is 46.4 Å². The Morgan fingerprint density at radius 2 is 0.940 bits per heavy atom. The molecule has 4 atom stereocenters. The third-order valence-corrected chi connectivity index (χ3v) is 25.4. The number of hydrogen-bond acceptors (Lipinski definition) is 19. The molecule has 6 N–H and O–H groups in total. The van der Waals surface area contributed by atoms with Gasteiger partial charge in [0, 0.05) is 80.4 Å². The fraction of sp³-hybridized carbons (Fsp3) is 0.719. The SMILES string of the molecule is CC(C)(C)OC(=O)N1CCCC(CN)C1.CC(C)(C)OC(=O)N1CCCC(CNS(=O)(=O)C2CC2)C1.FC(F)(F)c1ccc2ncnc(Cl)c2c1.O=S(=O)(Cl)C1CC1.O=S(=O)(NCC1CCCN(c2ncnc3ccc(C(F)(F)F)cc23)C1)C1CC1.O=S(=O)(NCC1CCCNC1)C1CC1. The highest BCUT2D eigenvalue weighted by molar-refractivity contribution is 8.14. The summed E-state index contributed by atoms with van der Waals surface area (Å²) in [6.07, 6.45) is 7.33. The van der Waals surface area contributed by atoms with Gasteiger partial charge in [0.05, 0.1) is 43.2 Å². The molecule has 4 unspecified atom stereocenters. The zero-order valence-corrected chi connectivity index (χ0v) is 62.1. The minimum absolute atomic E-state index is 0.0195. The van der Waals surface area contributed by atoms with E-state index in [4.69, 9.17) is 37.5 Å². The third-order valence-electron chi connectivity index (χ3n) is 17.3. The summed E-state index contributed by atoms with van der Waals surface area (Å²) in [7, 11) is -7.60. The third kappa shape index (κ3) is 27.7. The van der Waals surface area contributed by atoms with Crippen molar-refractivity contribution in [2.45, 2.75) is 189 Å². The van der Waals surface area contributed by atoms with Gasteiger partial charge in [0.25, 0.3) is 0 Å². The Kier molecular flexibility index (Phi) is 29.2. The lowest BCUT2D eigenvalue weighted by molar-refractivity contribution is -0.138. The molecule has 8 fully saturated rings. The van der Waals surface area contributed by atoms with Crippen LogP contribution in [0.1, 0.15) is 155 Å². The minimum Gasteiger partial charge on any atom is -0.444 e. The number of amides is 2. The van der Waals surface area contributed by atoms with Crippen molar-refractivity contribution in [3.63, 3.8) is 0 Å². The quantitative estimate of drug-likeness (QED) is 0.0419. The van der Waals surface area contributed by atoms with Crippen molar-refractivity contribution in [1.82, 2.24) is 49.2 Å². The molecule has 100 heavy (non-hydrogen) atoms. The first-order chi connectivity index (χ1) is 46.6. The topological polar surface area (TPSA) is 325 Å². The van der Waals surface area contributed by atoms with Gasteiger partial charge in [-0.2, -0.15) is 26.3 Å². The Morgan fingerprint density at radius 3 is 1.35 bits per heavy atom. The van der Waals surface area contributed by atoms with Gasteiger partial charge in [-0.15, -0.1) is 0 Å². The molecule has 0 radical (unpaired) electrons. The summed E-state index contributed by atoms with van der Waals surface area (Å²) in [6.45, 7) is 19.2. The Morgan fingerprint density at radius 1 is 0.540 bits per heavy atom. The van der Waals surface area contributed by atoms with Crippen LogP contribution in [0.15, 0.2) is 49.1 Å². The van der Waals surface area contributed by atoms with E-state index in [1.54, 1.807) is 9.80 Å². The molecule has 36 heteroatoms. The molecule has 4 aliphatic heterocycles. The number of carbonyl (C=O) groups excluding carboxylic acids is 2. The number of aromatic nitrogens is 4. The molecule has 2 aromatic carbocycles. The number of fused-ring (bicyclic) bond motifs is 2. The number of sulfonamides is 3. The van der Waals surface area contributed by atoms with Gasteiger partial charge in [0.2, 0.25) is 39.1 Å². The number of hydrogen-bond donors (Lipinski definition) is 5. The number of alkyl halides is 6. The van der Waals surface area contributed by atoms with E-state index in [-0.39, 0.29) is 55.6 Å². The number of rotatable bonds is 15. The number of nitrogens with two attached hydrogens (primary N) is 1. The maximum absolute atomic E-state index is 13.1. The number of anilines is 1. The van der Waals surface area contributed by atoms with Crippen molar-refractivity contribution in [2.24, 2.45) is 29.4 Å². The average molecular weight is 1540 g/mol. The molecule has 12 rings (SSSR count). The van der Waals surface area contributed by atoms with Gasteiger partial charge in [-0.05, 0) is 224 Å². The highest BCUT2D eigenvalue weighted by Crippen LogP contribution is 2.37. The lowest BCUT2D eigenvalue weighted by atomic mass is 9.98. The second kappa shape index (κ2) is 35.3. The van der Waals surface area contributed by atoms with Crippen molar-refractivity contribution in [1.29, 1.82) is 0 Å². The standard InChI is InChI=1S/C18H21F3N4O2S.C14H26N2O4S.C11H22N2O2.C9H4ClF3N2.C9H18N2O2S.C3H5ClO2S/c19-18(20,21)13-3-6-16-15(8-13)17(23-11-22-16)25-7-1-2-12(10-25)9-24-28(26,27)14-4-5-14;1-14(2,3)20-13(17)16-8-4-5-11(10-16)9-15-21(18,19)12-6-7-12;1-11(2,3)15-10(14)13-6-4-5-9(7-12)8-13;10-8-6-3-5(9(11,12)13)1-2-7(6)14-4-15-8;12-14(13,9-3-4-9)11-7-8-2-1-5-10-6-8;4-7(5,6)3-1-2-3/h3,6,8,11-12,14,24H,1-2,4-5,7,9-10H2;11-12,15H,4-10H2,1-3H3;9H,4-8,12H2,1-3H3;1-4H;8-11H,1-7H2;3H,1-2H2. The van der Waals surface area contributed by atoms with Crippen molar-refractivity contribution in [3.8, 4) is 0 Å². The molecular formula is C64H96Cl2F6N12O12S4. The molecule has 4 saturated carbocycles. The number of piperidine rings is 4. The van der Waals surface area contributed by atoms with E-state index >= 15 is 0 Å². The molecular weight excluding hydrogens is 1440 g/mol. The summed E-state index contributed by atoms with van der Waals surface area (Å²) in [5.41, 5.74) is 4.05. The number of halogens is 8.